The number of carbonyl (C=O) groups is 1. The maximum absolute atomic E-state index is 12.9. The van der Waals surface area contributed by atoms with Gasteiger partial charge >= 0.3 is 0 Å². The molecule has 0 aliphatic carbocycles. The van der Waals surface area contributed by atoms with Gasteiger partial charge in [0, 0.05) is 5.39 Å². The molecule has 6 heteroatoms. The molecule has 4 rings (SSSR count). The number of fused-ring (bicyclic) bond motifs is 3. The summed E-state index contributed by atoms with van der Waals surface area (Å²) in [4.78, 5) is 25.4. The van der Waals surface area contributed by atoms with E-state index in [4.69, 9.17) is 0 Å². The molecule has 0 saturated carbocycles. The molecule has 0 radical (unpaired) electrons. The Hall–Kier alpha value is -3.41. The molecule has 0 bridgehead atoms. The lowest BCUT2D eigenvalue weighted by Crippen LogP contribution is -2.36. The van der Waals surface area contributed by atoms with Gasteiger partial charge in [0.15, 0.2) is 0 Å². The molecule has 4 aromatic rings. The molecule has 0 spiro atoms. The molecule has 28 heavy (non-hydrogen) atoms. The molecule has 2 aromatic carbocycles. The average Bonchev–Trinajstić information content (AvgIpc) is 3.05. The smallest absolute Gasteiger partial charge is 0.291 e. The van der Waals surface area contributed by atoms with Crippen LogP contribution < -0.4 is 10.9 Å². The topological polar surface area (TPSA) is 68.4 Å². The van der Waals surface area contributed by atoms with E-state index in [2.05, 4.69) is 10.4 Å². The Morgan fingerprint density at radius 2 is 1.82 bits per heavy atom. The Morgan fingerprint density at radius 1 is 1.07 bits per heavy atom. The zero-order valence-corrected chi connectivity index (χ0v) is 16.1. The van der Waals surface area contributed by atoms with Crippen molar-refractivity contribution in [3.05, 3.63) is 81.9 Å². The van der Waals surface area contributed by atoms with Gasteiger partial charge < -0.3 is 5.32 Å². The monoisotopic (exact) mass is 374 g/mol. The summed E-state index contributed by atoms with van der Waals surface area (Å²) in [5.74, 6) is 0.416. The van der Waals surface area contributed by atoms with Gasteiger partial charge in [-0.15, -0.1) is 0 Å². The fraction of sp³-hybridized carbons (Fsp3) is 0.227. The van der Waals surface area contributed by atoms with Gasteiger partial charge in [-0.1, -0.05) is 42.0 Å². The number of benzene rings is 2. The van der Waals surface area contributed by atoms with E-state index in [9.17, 15) is 9.59 Å². The molecule has 2 heterocycles. The van der Waals surface area contributed by atoms with E-state index in [-0.39, 0.29) is 24.1 Å². The van der Waals surface area contributed by atoms with Crippen LogP contribution in [-0.2, 0) is 11.3 Å². The Morgan fingerprint density at radius 3 is 2.57 bits per heavy atom. The van der Waals surface area contributed by atoms with Crippen LogP contribution in [0.2, 0.25) is 0 Å². The molecule has 6 nitrogen and oxygen atoms in total. The summed E-state index contributed by atoms with van der Waals surface area (Å²) in [6.45, 7) is 5.66. The third-order valence-electron chi connectivity index (χ3n) is 4.97. The van der Waals surface area contributed by atoms with Crippen LogP contribution in [0.4, 0.5) is 0 Å². The van der Waals surface area contributed by atoms with Crippen LogP contribution in [0.25, 0.3) is 16.4 Å². The van der Waals surface area contributed by atoms with Crippen LogP contribution in [0.3, 0.4) is 0 Å². The summed E-state index contributed by atoms with van der Waals surface area (Å²) >= 11 is 0. The Kier molecular flexibility index (Phi) is 4.47. The molecule has 142 valence electrons. The number of carbonyl (C=O) groups excluding carboxylic acids is 1. The molecule has 1 N–H and O–H groups in total. The van der Waals surface area contributed by atoms with E-state index in [0.29, 0.717) is 11.3 Å². The third-order valence-corrected chi connectivity index (χ3v) is 4.97. The second-order valence-corrected chi connectivity index (χ2v) is 7.14. The number of nitrogens with zero attached hydrogens (tertiary/aromatic N) is 3. The summed E-state index contributed by atoms with van der Waals surface area (Å²) < 4.78 is 3.08. The first-order valence-electron chi connectivity index (χ1n) is 9.28. The number of rotatable bonds is 4. The largest absolute Gasteiger partial charge is 0.348 e. The first kappa shape index (κ1) is 18.0. The molecule has 0 aliphatic heterocycles. The van der Waals surface area contributed by atoms with Crippen molar-refractivity contribution in [2.75, 3.05) is 0 Å². The van der Waals surface area contributed by atoms with Gasteiger partial charge in [0.2, 0.25) is 5.91 Å². The Labute approximate surface area is 162 Å². The minimum Gasteiger partial charge on any atom is -0.348 e. The summed E-state index contributed by atoms with van der Waals surface area (Å²) in [5, 5.41) is 8.29. The predicted molar refractivity (Wildman–Crippen MR) is 109 cm³/mol. The van der Waals surface area contributed by atoms with Crippen molar-refractivity contribution < 1.29 is 4.79 Å². The molecular weight excluding hydrogens is 352 g/mol. The number of amides is 1. The van der Waals surface area contributed by atoms with Crippen LogP contribution in [0, 0.1) is 13.8 Å². The van der Waals surface area contributed by atoms with Crippen molar-refractivity contribution in [3.8, 4) is 0 Å². The standard InChI is InChI=1S/C22H22N4O2/c1-14-9-10-19-18(11-14)12-20-22(28)25(24-16(3)26(19)20)13-21(27)23-15(2)17-7-5-4-6-8-17/h4-12,15H,13H2,1-3H3,(H,23,27). The van der Waals surface area contributed by atoms with E-state index in [1.165, 1.54) is 4.68 Å². The molecule has 2 aromatic heterocycles. The highest BCUT2D eigenvalue weighted by molar-refractivity contribution is 5.87. The molecule has 1 amide bonds. The van der Waals surface area contributed by atoms with E-state index < -0.39 is 0 Å². The fourth-order valence-electron chi connectivity index (χ4n) is 3.59. The van der Waals surface area contributed by atoms with Crippen molar-refractivity contribution >= 4 is 22.3 Å². The molecule has 0 saturated heterocycles. The molecular formula is C22H22N4O2. The maximum Gasteiger partial charge on any atom is 0.291 e. The third kappa shape index (κ3) is 3.17. The minimum atomic E-state index is -0.276. The van der Waals surface area contributed by atoms with Gasteiger partial charge in [-0.25, -0.2) is 4.68 Å². The van der Waals surface area contributed by atoms with Crippen molar-refractivity contribution in [2.24, 2.45) is 0 Å². The highest BCUT2D eigenvalue weighted by atomic mass is 16.2. The molecule has 1 unspecified atom stereocenters. The van der Waals surface area contributed by atoms with Gasteiger partial charge in [-0.3, -0.25) is 14.0 Å². The van der Waals surface area contributed by atoms with Gasteiger partial charge in [0.05, 0.1) is 11.6 Å². The Balaban J connectivity index is 1.66. The SMILES string of the molecule is Cc1ccc2c(c1)cc1c(=O)n(CC(=O)NC(C)c3ccccc3)nc(C)n12. The highest BCUT2D eigenvalue weighted by Gasteiger charge is 2.15. The van der Waals surface area contributed by atoms with E-state index >= 15 is 0 Å². The number of hydrogen-bond acceptors (Lipinski definition) is 3. The zero-order valence-electron chi connectivity index (χ0n) is 16.1. The number of hydrogen-bond donors (Lipinski definition) is 1. The minimum absolute atomic E-state index is 0.117. The summed E-state index contributed by atoms with van der Waals surface area (Å²) in [7, 11) is 0. The second-order valence-electron chi connectivity index (χ2n) is 7.14. The molecule has 0 aliphatic rings. The molecule has 1 atom stereocenters. The predicted octanol–water partition coefficient (Wildman–Crippen LogP) is 3.14. The summed E-state index contributed by atoms with van der Waals surface area (Å²) in [6.07, 6.45) is 0. The maximum atomic E-state index is 12.9. The van der Waals surface area contributed by atoms with Gasteiger partial charge in [0.1, 0.15) is 17.9 Å². The summed E-state index contributed by atoms with van der Waals surface area (Å²) in [6, 6.07) is 17.5. The van der Waals surface area contributed by atoms with Gasteiger partial charge in [-0.05, 0) is 44.5 Å². The van der Waals surface area contributed by atoms with Crippen LogP contribution in [0.5, 0.6) is 0 Å². The first-order chi connectivity index (χ1) is 13.4. The number of aryl methyl sites for hydroxylation is 2. The van der Waals surface area contributed by atoms with Crippen molar-refractivity contribution in [1.82, 2.24) is 19.5 Å². The zero-order chi connectivity index (χ0) is 19.8. The van der Waals surface area contributed by atoms with Crippen LogP contribution in [0.1, 0.15) is 29.9 Å². The van der Waals surface area contributed by atoms with Crippen LogP contribution >= 0.6 is 0 Å². The quantitative estimate of drug-likeness (QED) is 0.597. The number of nitrogens with one attached hydrogen (secondary N) is 1. The van der Waals surface area contributed by atoms with E-state index in [1.54, 1.807) is 0 Å². The Bertz CT molecular complexity index is 1240. The number of aromatic nitrogens is 3. The van der Waals surface area contributed by atoms with Gasteiger partial charge in [0.25, 0.3) is 5.56 Å². The molecule has 0 fully saturated rings. The van der Waals surface area contributed by atoms with Crippen molar-refractivity contribution in [3.63, 3.8) is 0 Å². The lowest BCUT2D eigenvalue weighted by molar-refractivity contribution is -0.122. The lowest BCUT2D eigenvalue weighted by Gasteiger charge is -2.15. The lowest BCUT2D eigenvalue weighted by atomic mass is 10.1. The summed E-state index contributed by atoms with van der Waals surface area (Å²) in [5.41, 5.74) is 3.33. The van der Waals surface area contributed by atoms with Gasteiger partial charge in [-0.2, -0.15) is 5.10 Å². The van der Waals surface area contributed by atoms with E-state index in [1.807, 2.05) is 79.8 Å². The normalized spacial score (nSPS) is 12.4. The first-order valence-corrected chi connectivity index (χ1v) is 9.28. The van der Waals surface area contributed by atoms with Crippen molar-refractivity contribution in [2.45, 2.75) is 33.4 Å². The van der Waals surface area contributed by atoms with Crippen molar-refractivity contribution in [1.29, 1.82) is 0 Å². The average molecular weight is 374 g/mol. The fourth-order valence-corrected chi connectivity index (χ4v) is 3.59. The van der Waals surface area contributed by atoms with Crippen LogP contribution in [-0.4, -0.2) is 20.1 Å². The second kappa shape index (κ2) is 6.96. The highest BCUT2D eigenvalue weighted by Crippen LogP contribution is 2.20. The van der Waals surface area contributed by atoms with Crippen LogP contribution in [0.15, 0.2) is 59.4 Å². The van der Waals surface area contributed by atoms with E-state index in [0.717, 1.165) is 22.0 Å².